The zero-order chi connectivity index (χ0) is 23.8. The van der Waals surface area contributed by atoms with Crippen LogP contribution < -0.4 is 9.47 Å². The molecule has 4 aromatic rings. The number of nitrogens with zero attached hydrogens (tertiary/aromatic N) is 2. The van der Waals surface area contributed by atoms with Gasteiger partial charge in [-0.1, -0.05) is 54.5 Å². The van der Waals surface area contributed by atoms with Crippen LogP contribution in [0.3, 0.4) is 0 Å². The van der Waals surface area contributed by atoms with Crippen LogP contribution in [0.1, 0.15) is 27.9 Å². The molecule has 3 aromatic carbocycles. The third-order valence-electron chi connectivity index (χ3n) is 4.59. The van der Waals surface area contributed by atoms with E-state index in [1.165, 1.54) is 12.1 Å². The normalized spacial score (nSPS) is 10.6. The summed E-state index contributed by atoms with van der Waals surface area (Å²) >= 11 is 0. The molecule has 1 aromatic heterocycles. The number of rotatable bonds is 6. The van der Waals surface area contributed by atoms with E-state index < -0.39 is 11.7 Å². The third kappa shape index (κ3) is 6.27. The van der Waals surface area contributed by atoms with Gasteiger partial charge in [-0.05, 0) is 53.4 Å². The molecule has 0 radical (unpaired) electrons. The van der Waals surface area contributed by atoms with Crippen molar-refractivity contribution >= 4 is 0 Å². The topological polar surface area (TPSA) is 44.2 Å². The summed E-state index contributed by atoms with van der Waals surface area (Å²) in [6, 6.07) is 26.8. The summed E-state index contributed by atoms with van der Waals surface area (Å²) in [7, 11) is 0. The van der Waals surface area contributed by atoms with Crippen molar-refractivity contribution in [3.63, 3.8) is 0 Å². The van der Waals surface area contributed by atoms with Gasteiger partial charge in [-0.2, -0.15) is 13.2 Å². The minimum atomic E-state index is -4.44. The largest absolute Gasteiger partial charge is 0.483 e. The summed E-state index contributed by atoms with van der Waals surface area (Å²) in [6.45, 7) is 0.480. The van der Waals surface area contributed by atoms with Gasteiger partial charge in [0.25, 0.3) is 5.88 Å². The maximum atomic E-state index is 12.9. The molecule has 0 N–H and O–H groups in total. The van der Waals surface area contributed by atoms with Gasteiger partial charge in [-0.3, -0.25) is 0 Å². The average Bonchev–Trinajstić information content (AvgIpc) is 2.86. The van der Waals surface area contributed by atoms with Gasteiger partial charge in [0.15, 0.2) is 5.75 Å². The van der Waals surface area contributed by atoms with Gasteiger partial charge in [0, 0.05) is 11.6 Å². The van der Waals surface area contributed by atoms with Crippen molar-refractivity contribution < 1.29 is 22.6 Å². The maximum Gasteiger partial charge on any atom is 0.416 e. The van der Waals surface area contributed by atoms with E-state index in [0.29, 0.717) is 5.75 Å². The smallest absolute Gasteiger partial charge is 0.416 e. The lowest BCUT2D eigenvalue weighted by Crippen LogP contribution is -2.04. The van der Waals surface area contributed by atoms with Crippen LogP contribution in [0, 0.1) is 24.0 Å². The summed E-state index contributed by atoms with van der Waals surface area (Å²) in [4.78, 5) is 0. The Morgan fingerprint density at radius 1 is 0.794 bits per heavy atom. The standard InChI is InChI=1S/C27H17F3N2O2/c28-27(29,30)23-13-7-12-20(16-23)14-15-24-17-25(33-18-21-8-3-1-4-9-21)26(32-31-24)34-19-22-10-5-2-6-11-22/h2-3,5-13,16-17H,18-19H2. The summed E-state index contributed by atoms with van der Waals surface area (Å²) < 4.78 is 50.5. The Kier molecular flexibility index (Phi) is 6.95. The van der Waals surface area contributed by atoms with Gasteiger partial charge in [0.2, 0.25) is 0 Å². The zero-order valence-corrected chi connectivity index (χ0v) is 17.8. The number of ether oxygens (including phenoxy) is 2. The van der Waals surface area contributed by atoms with Crippen LogP contribution in [0.25, 0.3) is 0 Å². The van der Waals surface area contributed by atoms with Crippen LogP contribution in [0.4, 0.5) is 13.2 Å². The molecule has 0 unspecified atom stereocenters. The van der Waals surface area contributed by atoms with Gasteiger partial charge < -0.3 is 9.47 Å². The molecule has 4 rings (SSSR count). The fourth-order valence-electron chi connectivity index (χ4n) is 2.89. The average molecular weight is 458 g/mol. The molecule has 0 atom stereocenters. The van der Waals surface area contributed by atoms with Crippen molar-refractivity contribution in [1.29, 1.82) is 0 Å². The van der Waals surface area contributed by atoms with Crippen molar-refractivity contribution in [3.05, 3.63) is 119 Å². The highest BCUT2D eigenvalue weighted by molar-refractivity contribution is 5.45. The van der Waals surface area contributed by atoms with Crippen LogP contribution in [-0.4, -0.2) is 10.2 Å². The molecule has 0 bridgehead atoms. The molecular formula is C27H17F3N2O2. The van der Waals surface area contributed by atoms with Crippen molar-refractivity contribution in [3.8, 4) is 23.5 Å². The van der Waals surface area contributed by atoms with E-state index in [0.717, 1.165) is 23.3 Å². The Balaban J connectivity index is 1.57. The predicted molar refractivity (Wildman–Crippen MR) is 119 cm³/mol. The minimum absolute atomic E-state index is 0.181. The molecule has 0 saturated carbocycles. The molecule has 0 spiro atoms. The SMILES string of the molecule is FC(F)(F)c1cccc(C#Cc2cc(OCc3cc#ccc3)c(OCc3ccccc3)nn2)c1. The molecule has 0 fully saturated rings. The first-order valence-corrected chi connectivity index (χ1v) is 10.2. The van der Waals surface area contributed by atoms with E-state index in [1.807, 2.05) is 36.4 Å². The summed E-state index contributed by atoms with van der Waals surface area (Å²) in [5, 5.41) is 8.11. The molecule has 1 heterocycles. The number of halogens is 3. The molecule has 4 nitrogen and oxygen atoms in total. The Hall–Kier alpha value is -4.49. The Labute approximate surface area is 195 Å². The predicted octanol–water partition coefficient (Wildman–Crippen LogP) is 5.65. The van der Waals surface area contributed by atoms with Crippen molar-refractivity contribution in [1.82, 2.24) is 10.2 Å². The summed E-state index contributed by atoms with van der Waals surface area (Å²) in [5.41, 5.74) is 1.47. The second-order valence-corrected chi connectivity index (χ2v) is 7.13. The fraction of sp³-hybridized carbons (Fsp3) is 0.111. The molecule has 0 amide bonds. The van der Waals surface area contributed by atoms with Crippen LogP contribution in [0.15, 0.2) is 78.9 Å². The number of aromatic nitrogens is 2. The van der Waals surface area contributed by atoms with Gasteiger partial charge in [-0.15, -0.1) is 10.2 Å². The van der Waals surface area contributed by atoms with Crippen molar-refractivity contribution in [2.75, 3.05) is 0 Å². The van der Waals surface area contributed by atoms with E-state index >= 15 is 0 Å². The summed E-state index contributed by atoms with van der Waals surface area (Å²) in [5.74, 6) is 5.93. The van der Waals surface area contributed by atoms with E-state index in [-0.39, 0.29) is 30.4 Å². The molecule has 34 heavy (non-hydrogen) atoms. The van der Waals surface area contributed by atoms with E-state index in [2.05, 4.69) is 34.2 Å². The first kappa shape index (κ1) is 22.7. The Morgan fingerprint density at radius 2 is 1.62 bits per heavy atom. The second kappa shape index (κ2) is 10.4. The highest BCUT2D eigenvalue weighted by Crippen LogP contribution is 2.29. The quantitative estimate of drug-likeness (QED) is 0.350. The molecule has 0 saturated heterocycles. The first-order chi connectivity index (χ1) is 16.5. The lowest BCUT2D eigenvalue weighted by molar-refractivity contribution is -0.137. The third-order valence-corrected chi connectivity index (χ3v) is 4.59. The van der Waals surface area contributed by atoms with Gasteiger partial charge in [0.05, 0.1) is 5.56 Å². The van der Waals surface area contributed by atoms with Crippen molar-refractivity contribution in [2.24, 2.45) is 0 Å². The fourth-order valence-corrected chi connectivity index (χ4v) is 2.89. The van der Waals surface area contributed by atoms with E-state index in [1.54, 1.807) is 18.2 Å². The molecule has 168 valence electrons. The lowest BCUT2D eigenvalue weighted by atomic mass is 10.1. The summed E-state index contributed by atoms with van der Waals surface area (Å²) in [6.07, 6.45) is -4.44. The van der Waals surface area contributed by atoms with Gasteiger partial charge in [0.1, 0.15) is 18.9 Å². The molecule has 0 aliphatic carbocycles. The van der Waals surface area contributed by atoms with E-state index in [4.69, 9.17) is 9.47 Å². The lowest BCUT2D eigenvalue weighted by Gasteiger charge is -2.11. The Bertz CT molecular complexity index is 1300. The number of hydrogen-bond acceptors (Lipinski definition) is 4. The van der Waals surface area contributed by atoms with E-state index in [9.17, 15) is 13.2 Å². The first-order valence-electron chi connectivity index (χ1n) is 10.2. The number of benzene rings is 2. The monoisotopic (exact) mass is 458 g/mol. The molecular weight excluding hydrogens is 441 g/mol. The highest BCUT2D eigenvalue weighted by atomic mass is 19.4. The highest BCUT2D eigenvalue weighted by Gasteiger charge is 2.30. The number of hydrogen-bond donors (Lipinski definition) is 0. The second-order valence-electron chi connectivity index (χ2n) is 7.13. The van der Waals surface area contributed by atoms with Crippen LogP contribution >= 0.6 is 0 Å². The van der Waals surface area contributed by atoms with Crippen LogP contribution in [0.2, 0.25) is 0 Å². The zero-order valence-electron chi connectivity index (χ0n) is 17.8. The van der Waals surface area contributed by atoms with Crippen LogP contribution in [-0.2, 0) is 19.4 Å². The van der Waals surface area contributed by atoms with Crippen molar-refractivity contribution in [2.45, 2.75) is 19.4 Å². The molecule has 0 aliphatic rings. The number of alkyl halides is 3. The van der Waals surface area contributed by atoms with Gasteiger partial charge in [-0.25, -0.2) is 0 Å². The minimum Gasteiger partial charge on any atom is -0.483 e. The van der Waals surface area contributed by atoms with Crippen LogP contribution in [0.5, 0.6) is 11.6 Å². The maximum absolute atomic E-state index is 12.9. The van der Waals surface area contributed by atoms with Gasteiger partial charge >= 0.3 is 6.18 Å². The molecule has 7 heteroatoms. The Morgan fingerprint density at radius 3 is 2.38 bits per heavy atom. The molecule has 0 aliphatic heterocycles.